The Labute approximate surface area is 126 Å². The monoisotopic (exact) mass is 295 g/mol. The lowest BCUT2D eigenvalue weighted by Crippen LogP contribution is -2.33. The van der Waals surface area contributed by atoms with Crippen LogP contribution in [0.1, 0.15) is 53.4 Å². The fourth-order valence-corrected chi connectivity index (χ4v) is 2.49. The van der Waals surface area contributed by atoms with Gasteiger partial charge in [0.05, 0.1) is 19.1 Å². The predicted octanol–water partition coefficient (Wildman–Crippen LogP) is 2.99. The Kier molecular flexibility index (Phi) is 5.70. The normalized spacial score (nSPS) is 22.6. The molecule has 0 aromatic heterocycles. The summed E-state index contributed by atoms with van der Waals surface area (Å²) in [5.41, 5.74) is 0.789. The van der Waals surface area contributed by atoms with Crippen LogP contribution in [-0.4, -0.2) is 35.7 Å². The van der Waals surface area contributed by atoms with E-state index in [0.29, 0.717) is 24.1 Å². The number of allylic oxidation sites excluding steroid dienone is 2. The van der Waals surface area contributed by atoms with Crippen LogP contribution in [0.2, 0.25) is 0 Å². The van der Waals surface area contributed by atoms with Crippen LogP contribution in [0, 0.1) is 5.41 Å². The summed E-state index contributed by atoms with van der Waals surface area (Å²) >= 11 is 0. The maximum absolute atomic E-state index is 12.3. The summed E-state index contributed by atoms with van der Waals surface area (Å²) < 4.78 is 4.55. The highest BCUT2D eigenvalue weighted by Crippen LogP contribution is 2.36. The van der Waals surface area contributed by atoms with Crippen molar-refractivity contribution < 1.29 is 19.4 Å². The predicted molar refractivity (Wildman–Crippen MR) is 81.5 cm³/mol. The number of aliphatic hydroxyl groups is 1. The molecule has 0 radical (unpaired) electrons. The van der Waals surface area contributed by atoms with E-state index in [0.717, 1.165) is 0 Å². The molecule has 0 spiro atoms. The molecule has 0 aromatic carbocycles. The number of carbonyl (C=O) groups is 2. The Balaban J connectivity index is 3.09. The lowest BCUT2D eigenvalue weighted by atomic mass is 9.73. The van der Waals surface area contributed by atoms with Crippen LogP contribution in [0.5, 0.6) is 0 Å². The molecule has 0 saturated heterocycles. The van der Waals surface area contributed by atoms with Crippen LogP contribution >= 0.6 is 0 Å². The number of ketones is 1. The van der Waals surface area contributed by atoms with E-state index in [-0.39, 0.29) is 35.8 Å². The molecule has 1 fully saturated rings. The molecule has 0 unspecified atom stereocenters. The van der Waals surface area contributed by atoms with Gasteiger partial charge in [-0.15, -0.1) is 0 Å². The van der Waals surface area contributed by atoms with E-state index in [1.807, 2.05) is 27.7 Å². The molecular weight excluding hydrogens is 270 g/mol. The molecule has 0 aliphatic heterocycles. The van der Waals surface area contributed by atoms with Crippen LogP contribution in [-0.2, 0) is 14.3 Å². The van der Waals surface area contributed by atoms with Gasteiger partial charge in [-0.3, -0.25) is 14.6 Å². The minimum atomic E-state index is -0.409. The van der Waals surface area contributed by atoms with E-state index in [2.05, 4.69) is 9.73 Å². The summed E-state index contributed by atoms with van der Waals surface area (Å²) in [5, 5.41) is 10.2. The van der Waals surface area contributed by atoms with Crippen molar-refractivity contribution in [1.29, 1.82) is 0 Å². The molecule has 1 N–H and O–H groups in total. The molecule has 0 bridgehead atoms. The van der Waals surface area contributed by atoms with E-state index in [9.17, 15) is 14.7 Å². The topological polar surface area (TPSA) is 76.0 Å². The maximum atomic E-state index is 12.3. The molecule has 0 aromatic rings. The van der Waals surface area contributed by atoms with Crippen molar-refractivity contribution in [3.8, 4) is 0 Å². The minimum Gasteiger partial charge on any atom is -0.511 e. The van der Waals surface area contributed by atoms with Gasteiger partial charge in [0.15, 0.2) is 5.78 Å². The molecule has 0 amide bonds. The molecule has 1 aliphatic carbocycles. The number of aliphatic imine (C=N–C) groups is 1. The molecule has 21 heavy (non-hydrogen) atoms. The second-order valence-corrected chi connectivity index (χ2v) is 6.51. The lowest BCUT2D eigenvalue weighted by Gasteiger charge is -2.31. The van der Waals surface area contributed by atoms with Gasteiger partial charge in [-0.25, -0.2) is 0 Å². The fourth-order valence-electron chi connectivity index (χ4n) is 2.49. The minimum absolute atomic E-state index is 0.0464. The van der Waals surface area contributed by atoms with E-state index in [1.165, 1.54) is 7.11 Å². The Morgan fingerprint density at radius 3 is 2.48 bits per heavy atom. The Morgan fingerprint density at radius 1 is 1.33 bits per heavy atom. The number of aliphatic hydroxyl groups excluding tert-OH is 1. The van der Waals surface area contributed by atoms with E-state index in [1.54, 1.807) is 0 Å². The molecule has 1 saturated carbocycles. The van der Waals surface area contributed by atoms with Crippen molar-refractivity contribution in [3.05, 3.63) is 11.3 Å². The Bertz CT molecular complexity index is 487. The molecule has 0 heterocycles. The maximum Gasteiger partial charge on any atom is 0.305 e. The van der Waals surface area contributed by atoms with Crippen molar-refractivity contribution in [2.75, 3.05) is 7.11 Å². The van der Waals surface area contributed by atoms with Crippen molar-refractivity contribution >= 4 is 17.5 Å². The van der Waals surface area contributed by atoms with Crippen LogP contribution in [0.25, 0.3) is 0 Å². The van der Waals surface area contributed by atoms with Gasteiger partial charge in [0.2, 0.25) is 0 Å². The van der Waals surface area contributed by atoms with Gasteiger partial charge in [-0.2, -0.15) is 0 Å². The van der Waals surface area contributed by atoms with Gasteiger partial charge in [0, 0.05) is 24.6 Å². The molecule has 1 rings (SSSR count). The first kappa shape index (κ1) is 17.4. The van der Waals surface area contributed by atoms with Gasteiger partial charge >= 0.3 is 5.97 Å². The zero-order valence-electron chi connectivity index (χ0n) is 13.5. The van der Waals surface area contributed by atoms with Crippen LogP contribution in [0.4, 0.5) is 0 Å². The zero-order chi connectivity index (χ0) is 16.2. The first-order valence-corrected chi connectivity index (χ1v) is 7.25. The third kappa shape index (κ3) is 4.99. The summed E-state index contributed by atoms with van der Waals surface area (Å²) in [6, 6.07) is 0.0464. The molecular formula is C16H25NO4. The quantitative estimate of drug-likeness (QED) is 0.491. The standard InChI is InChI=1S/C16H25NO4/c1-10(2)17-11-8-16(3,4)9-13(19)15(11)12(18)6-7-14(20)21-5/h10,18H,6-9H2,1-5H3/b15-12+,17-11?. The van der Waals surface area contributed by atoms with Gasteiger partial charge < -0.3 is 9.84 Å². The fraction of sp³-hybridized carbons (Fsp3) is 0.688. The number of nitrogens with zero attached hydrogens (tertiary/aromatic N) is 1. The second kappa shape index (κ2) is 6.87. The number of Topliss-reactive ketones (excluding diaryl/α,β-unsaturated/α-hetero) is 1. The van der Waals surface area contributed by atoms with Crippen LogP contribution in [0.15, 0.2) is 16.3 Å². The van der Waals surface area contributed by atoms with Crippen LogP contribution in [0.3, 0.4) is 0 Å². The third-order valence-electron chi connectivity index (χ3n) is 3.35. The number of esters is 1. The summed E-state index contributed by atoms with van der Waals surface area (Å²) in [7, 11) is 1.30. The summed E-state index contributed by atoms with van der Waals surface area (Å²) in [6.45, 7) is 7.90. The smallest absolute Gasteiger partial charge is 0.305 e. The van der Waals surface area contributed by atoms with E-state index < -0.39 is 5.97 Å². The van der Waals surface area contributed by atoms with E-state index >= 15 is 0 Å². The Morgan fingerprint density at radius 2 is 1.95 bits per heavy atom. The first-order valence-electron chi connectivity index (χ1n) is 7.25. The highest BCUT2D eigenvalue weighted by Gasteiger charge is 2.36. The molecule has 1 aliphatic rings. The van der Waals surface area contributed by atoms with Crippen molar-refractivity contribution in [3.63, 3.8) is 0 Å². The number of ether oxygens (including phenoxy) is 1. The third-order valence-corrected chi connectivity index (χ3v) is 3.35. The molecule has 5 heteroatoms. The SMILES string of the molecule is COC(=O)CC/C(O)=C1\C(=O)CC(C)(C)CC1=NC(C)C. The number of methoxy groups -OCH3 is 1. The first-order chi connectivity index (χ1) is 9.66. The van der Waals surface area contributed by atoms with E-state index in [4.69, 9.17) is 0 Å². The largest absolute Gasteiger partial charge is 0.511 e. The summed E-state index contributed by atoms with van der Waals surface area (Å²) in [5.74, 6) is -0.568. The number of carbonyl (C=O) groups excluding carboxylic acids is 2. The average Bonchev–Trinajstić information content (AvgIpc) is 2.32. The molecule has 0 atom stereocenters. The van der Waals surface area contributed by atoms with Gasteiger partial charge in [0.25, 0.3) is 0 Å². The van der Waals surface area contributed by atoms with Crippen molar-refractivity contribution in [2.24, 2.45) is 10.4 Å². The molecule has 5 nitrogen and oxygen atoms in total. The van der Waals surface area contributed by atoms with Gasteiger partial charge in [0.1, 0.15) is 5.76 Å². The van der Waals surface area contributed by atoms with Gasteiger partial charge in [-0.1, -0.05) is 13.8 Å². The average molecular weight is 295 g/mol. The zero-order valence-corrected chi connectivity index (χ0v) is 13.5. The second-order valence-electron chi connectivity index (χ2n) is 6.51. The highest BCUT2D eigenvalue weighted by molar-refractivity contribution is 6.24. The van der Waals surface area contributed by atoms with Crippen molar-refractivity contribution in [1.82, 2.24) is 0 Å². The summed E-state index contributed by atoms with van der Waals surface area (Å²) in [6.07, 6.45) is 1.18. The number of hydrogen-bond acceptors (Lipinski definition) is 5. The lowest BCUT2D eigenvalue weighted by molar-refractivity contribution is -0.140. The van der Waals surface area contributed by atoms with Crippen molar-refractivity contribution in [2.45, 2.75) is 59.4 Å². The van der Waals surface area contributed by atoms with Crippen LogP contribution < -0.4 is 0 Å². The summed E-state index contributed by atoms with van der Waals surface area (Å²) in [4.78, 5) is 28.0. The number of hydrogen-bond donors (Lipinski definition) is 1. The number of rotatable bonds is 4. The highest BCUT2D eigenvalue weighted by atomic mass is 16.5. The molecule has 118 valence electrons. The Hall–Kier alpha value is -1.65. The van der Waals surface area contributed by atoms with Gasteiger partial charge in [-0.05, 0) is 25.7 Å².